The summed E-state index contributed by atoms with van der Waals surface area (Å²) < 4.78 is 31.1. The van der Waals surface area contributed by atoms with Gasteiger partial charge in [-0.1, -0.05) is 17.7 Å². The topological polar surface area (TPSA) is 234 Å². The Balaban J connectivity index is 1.31. The van der Waals surface area contributed by atoms with E-state index < -0.39 is 60.4 Å². The molecule has 5 unspecified atom stereocenters. The van der Waals surface area contributed by atoms with Crippen molar-refractivity contribution < 1.29 is 68.7 Å². The van der Waals surface area contributed by atoms with Crippen molar-refractivity contribution in [1.29, 1.82) is 0 Å². The standard InChI is InChI=1S/C51H66N2O14/c1-3-64-49(59)48-38(28-56)42(32-23-33(27-55)44(58)36(24-32)30-9-10-40-31(22-30)11-16-52-40)43-46(65-35-8-6-14-50(60,61)26-35)37-25-41(66-45(37)39(29-57)47(43)67-48)51(62,15-4-5-20-54)34-12-18-53(19-13-34)17-7-21-63-2/h9-11,22,28,33-36,41,54-55,57,60-62H,3-8,12-21,23-27,29H2,1-2H3. The zero-order valence-electron chi connectivity index (χ0n) is 38.7. The van der Waals surface area contributed by atoms with Gasteiger partial charge in [0.25, 0.3) is 0 Å². The highest BCUT2D eigenvalue weighted by molar-refractivity contribution is 6.11. The fourth-order valence-electron chi connectivity index (χ4n) is 11.4. The third kappa shape index (κ3) is 9.87. The number of likely N-dealkylation sites (tertiary alicyclic amines) is 1. The number of aliphatic hydroxyl groups excluding tert-OH is 3. The molecule has 0 amide bonds. The lowest BCUT2D eigenvalue weighted by Gasteiger charge is -2.44. The van der Waals surface area contributed by atoms with Gasteiger partial charge in [0.15, 0.2) is 12.1 Å². The maximum Gasteiger partial charge on any atom is 0.375 e. The van der Waals surface area contributed by atoms with Gasteiger partial charge in [-0.25, -0.2) is 4.79 Å². The highest BCUT2D eigenvalue weighted by atomic mass is 16.6. The van der Waals surface area contributed by atoms with Crippen LogP contribution < -0.4 is 24.8 Å². The van der Waals surface area contributed by atoms with Crippen molar-refractivity contribution in [3.8, 4) is 17.2 Å². The summed E-state index contributed by atoms with van der Waals surface area (Å²) in [6, 6.07) is 5.63. The third-order valence-electron chi connectivity index (χ3n) is 14.8. The number of rotatable bonds is 18. The summed E-state index contributed by atoms with van der Waals surface area (Å²) >= 11 is 0. The van der Waals surface area contributed by atoms with Gasteiger partial charge in [-0.2, -0.15) is 0 Å². The van der Waals surface area contributed by atoms with Gasteiger partial charge in [0.05, 0.1) is 48.4 Å². The fourth-order valence-corrected chi connectivity index (χ4v) is 11.4. The molecule has 3 fully saturated rings. The summed E-state index contributed by atoms with van der Waals surface area (Å²) in [4.78, 5) is 48.7. The number of carbonyl (C=O) groups is 3. The molecule has 0 radical (unpaired) electrons. The molecule has 0 aromatic heterocycles. The molecule has 8 rings (SSSR count). The molecule has 5 atom stereocenters. The number of carbonyl (C=O) groups excluding carboxylic acids is 3. The molecular weight excluding hydrogens is 865 g/mol. The van der Waals surface area contributed by atoms with Gasteiger partial charge in [0, 0.05) is 69.1 Å². The van der Waals surface area contributed by atoms with E-state index in [9.17, 15) is 45.0 Å². The van der Waals surface area contributed by atoms with Gasteiger partial charge >= 0.3 is 5.97 Å². The van der Waals surface area contributed by atoms with E-state index in [1.807, 2.05) is 24.3 Å². The van der Waals surface area contributed by atoms with Crippen LogP contribution in [0.5, 0.6) is 17.2 Å². The third-order valence-corrected chi connectivity index (χ3v) is 14.8. The average Bonchev–Trinajstić information content (AvgIpc) is 3.99. The van der Waals surface area contributed by atoms with Crippen LogP contribution in [0, 0.1) is 11.8 Å². The minimum absolute atomic E-state index is 0.0130. The van der Waals surface area contributed by atoms with Crippen LogP contribution in [-0.2, 0) is 36.9 Å². The molecular formula is C51H66N2O14. The average molecular weight is 931 g/mol. The van der Waals surface area contributed by atoms with Crippen molar-refractivity contribution in [2.45, 2.75) is 127 Å². The molecule has 4 heterocycles. The number of aliphatic hydroxyl groups is 6. The first-order chi connectivity index (χ1) is 32.4. The number of methoxy groups -OCH3 is 1. The molecule has 1 saturated heterocycles. The number of esters is 1. The first-order valence-electron chi connectivity index (χ1n) is 24.1. The Bertz CT molecular complexity index is 2390. The molecule has 2 aromatic rings. The number of allylic oxidation sites excluding steroid dienone is 3. The highest BCUT2D eigenvalue weighted by Gasteiger charge is 2.52. The number of piperidine rings is 1. The number of hydrogen-bond acceptors (Lipinski definition) is 16. The molecule has 0 bridgehead atoms. The Morgan fingerprint density at radius 3 is 2.57 bits per heavy atom. The zero-order valence-corrected chi connectivity index (χ0v) is 38.7. The van der Waals surface area contributed by atoms with E-state index in [2.05, 4.69) is 9.89 Å². The number of nitrogens with zero attached hydrogens (tertiary/aromatic N) is 2. The number of aldehydes is 1. The molecule has 2 aliphatic carbocycles. The van der Waals surface area contributed by atoms with E-state index in [0.29, 0.717) is 81.1 Å². The quantitative estimate of drug-likeness (QED) is 0.0546. The van der Waals surface area contributed by atoms with E-state index in [0.717, 1.165) is 36.6 Å². The largest absolute Gasteiger partial charge is 0.489 e. The fraction of sp³-hybridized carbons (Fsp3) is 0.608. The predicted octanol–water partition coefficient (Wildman–Crippen LogP) is 2.46. The Morgan fingerprint density at radius 2 is 1.87 bits per heavy atom. The van der Waals surface area contributed by atoms with Crippen molar-refractivity contribution in [1.82, 2.24) is 4.90 Å². The van der Waals surface area contributed by atoms with E-state index in [-0.39, 0.29) is 96.5 Å². The first kappa shape index (κ1) is 48.9. The van der Waals surface area contributed by atoms with Gasteiger partial charge in [-0.15, -0.1) is 0 Å². The highest BCUT2D eigenvalue weighted by Crippen LogP contribution is 2.58. The predicted molar refractivity (Wildman–Crippen MR) is 243 cm³/mol. The lowest BCUT2D eigenvalue weighted by molar-refractivity contribution is -0.196. The van der Waals surface area contributed by atoms with Crippen LogP contribution in [0.25, 0.3) is 11.6 Å². The molecule has 0 spiro atoms. The maximum absolute atomic E-state index is 14.3. The van der Waals surface area contributed by atoms with Crippen LogP contribution in [0.15, 0.2) is 40.1 Å². The van der Waals surface area contributed by atoms with Gasteiger partial charge in [0.1, 0.15) is 40.8 Å². The van der Waals surface area contributed by atoms with Crippen LogP contribution in [0.3, 0.4) is 0 Å². The second-order valence-corrected chi connectivity index (χ2v) is 19.0. The second kappa shape index (κ2) is 21.0. The summed E-state index contributed by atoms with van der Waals surface area (Å²) in [6.45, 7) is 3.91. The zero-order chi connectivity index (χ0) is 47.5. The molecule has 6 N–H and O–H groups in total. The SMILES string of the molecule is CCOC(=O)C1=C(C=O)C(=C2CC(CO)C(=O)C(c3ccc4c(c3)=CCN=4)C2)c2c(c(CO)c3c(c2OC2CCCC(O)(O)C2)CC(C(O)(CCCCO)C2CCN(CCCOC)CC2)O3)O1. The first-order valence-corrected chi connectivity index (χ1v) is 24.1. The number of fused-ring (bicyclic) bond motifs is 3. The number of ether oxygens (including phenoxy) is 5. The van der Waals surface area contributed by atoms with Gasteiger partial charge in [-0.3, -0.25) is 14.6 Å². The van der Waals surface area contributed by atoms with Crippen LogP contribution in [0.2, 0.25) is 0 Å². The molecule has 16 nitrogen and oxygen atoms in total. The maximum atomic E-state index is 14.3. The Hall–Kier alpha value is -4.52. The van der Waals surface area contributed by atoms with Crippen molar-refractivity contribution >= 4 is 29.7 Å². The molecule has 2 aromatic carbocycles. The molecule has 2 saturated carbocycles. The summed E-state index contributed by atoms with van der Waals surface area (Å²) in [5.41, 5.74) is 0.704. The van der Waals surface area contributed by atoms with Gasteiger partial charge < -0.3 is 59.2 Å². The Morgan fingerprint density at radius 1 is 1.06 bits per heavy atom. The monoisotopic (exact) mass is 930 g/mol. The summed E-state index contributed by atoms with van der Waals surface area (Å²) in [5, 5.41) is 68.7. The lowest BCUT2D eigenvalue weighted by atomic mass is 9.71. The summed E-state index contributed by atoms with van der Waals surface area (Å²) in [7, 11) is 1.68. The van der Waals surface area contributed by atoms with Gasteiger partial charge in [0.2, 0.25) is 5.76 Å². The van der Waals surface area contributed by atoms with Crippen LogP contribution >= 0.6 is 0 Å². The van der Waals surface area contributed by atoms with Crippen molar-refractivity contribution in [2.75, 3.05) is 59.7 Å². The minimum atomic E-state index is -2.03. The molecule has 4 aliphatic heterocycles. The number of hydrogen-bond donors (Lipinski definition) is 6. The van der Waals surface area contributed by atoms with E-state index in [1.165, 1.54) is 0 Å². The van der Waals surface area contributed by atoms with Crippen LogP contribution in [0.1, 0.15) is 112 Å². The van der Waals surface area contributed by atoms with Crippen molar-refractivity contribution in [2.24, 2.45) is 16.8 Å². The smallest absolute Gasteiger partial charge is 0.375 e. The van der Waals surface area contributed by atoms with Gasteiger partial charge in [-0.05, 0) is 113 Å². The summed E-state index contributed by atoms with van der Waals surface area (Å²) in [5.74, 6) is -5.13. The normalized spacial score (nSPS) is 25.8. The Kier molecular flexibility index (Phi) is 15.3. The van der Waals surface area contributed by atoms with E-state index >= 15 is 0 Å². The van der Waals surface area contributed by atoms with Crippen LogP contribution in [-0.4, -0.2) is 137 Å². The molecule has 6 aliphatic rings. The second-order valence-electron chi connectivity index (χ2n) is 19.0. The minimum Gasteiger partial charge on any atom is -0.489 e. The molecule has 16 heteroatoms. The van der Waals surface area contributed by atoms with E-state index in [4.69, 9.17) is 23.7 Å². The van der Waals surface area contributed by atoms with Crippen LogP contribution in [0.4, 0.5) is 0 Å². The molecule has 67 heavy (non-hydrogen) atoms. The number of Topliss-reactive ketones (excluding diaryl/α,β-unsaturated/α-hetero) is 1. The lowest BCUT2D eigenvalue weighted by Crippen LogP contribution is -2.54. The Labute approximate surface area is 390 Å². The molecule has 364 valence electrons. The summed E-state index contributed by atoms with van der Waals surface area (Å²) in [6.07, 6.45) is 5.42. The number of ketones is 1. The number of unbranched alkanes of at least 4 members (excludes halogenated alkanes) is 1. The van der Waals surface area contributed by atoms with Crippen molar-refractivity contribution in [3.63, 3.8) is 0 Å². The van der Waals surface area contributed by atoms with Crippen molar-refractivity contribution in [3.05, 3.63) is 67.9 Å². The van der Waals surface area contributed by atoms with E-state index in [1.54, 1.807) is 14.0 Å². The number of benzene rings is 2.